The Hall–Kier alpha value is -5.50. The second kappa shape index (κ2) is 15.7. The number of rotatable bonds is 12. The number of halogens is 4. The van der Waals surface area contributed by atoms with Gasteiger partial charge in [0.1, 0.15) is 11.4 Å². The van der Waals surface area contributed by atoms with Gasteiger partial charge in [-0.05, 0) is 60.2 Å². The summed E-state index contributed by atoms with van der Waals surface area (Å²) in [4.78, 5) is 39.2. The minimum atomic E-state index is -1.72. The summed E-state index contributed by atoms with van der Waals surface area (Å²) in [6.07, 6.45) is 1.43. The Morgan fingerprint density at radius 2 is 1.36 bits per heavy atom. The lowest BCUT2D eigenvalue weighted by atomic mass is 10.1. The summed E-state index contributed by atoms with van der Waals surface area (Å²) >= 11 is 0.960. The molecule has 14 heteroatoms. The largest absolute Gasteiger partial charge is 0.493 e. The summed E-state index contributed by atoms with van der Waals surface area (Å²) in [5.41, 5.74) is -0.247. The zero-order chi connectivity index (χ0) is 34.1. The molecular weight excluding hydrogens is 642 g/mol. The number of carbonyl (C=O) groups is 3. The van der Waals surface area contributed by atoms with Crippen molar-refractivity contribution in [3.8, 4) is 17.2 Å². The molecule has 47 heavy (non-hydrogen) atoms. The molecule has 0 aliphatic heterocycles. The zero-order valence-corrected chi connectivity index (χ0v) is 25.9. The highest BCUT2D eigenvalue weighted by atomic mass is 32.2. The number of hydrogen-bond donors (Lipinski definition) is 3. The van der Waals surface area contributed by atoms with Crippen molar-refractivity contribution in [2.75, 3.05) is 37.7 Å². The molecule has 4 aromatic rings. The van der Waals surface area contributed by atoms with Crippen molar-refractivity contribution in [2.45, 2.75) is 4.90 Å². The predicted octanol–water partition coefficient (Wildman–Crippen LogP) is 6.41. The lowest BCUT2D eigenvalue weighted by Gasteiger charge is -2.15. The van der Waals surface area contributed by atoms with Crippen LogP contribution in [0.3, 0.4) is 0 Å². The summed E-state index contributed by atoms with van der Waals surface area (Å²) in [5, 5.41) is 7.17. The number of anilines is 2. The molecule has 0 heterocycles. The Labute approximate surface area is 270 Å². The maximum absolute atomic E-state index is 13.9. The SMILES string of the molecule is COc1cc(/C=C(\NC(=O)c2ccccc2)C(=O)Nc2ccc(SCC(=O)Nc3c(F)c(F)cc(F)c3F)cc2)cc(OC)c1OC. The van der Waals surface area contributed by atoms with Gasteiger partial charge in [0.25, 0.3) is 11.8 Å². The van der Waals surface area contributed by atoms with Gasteiger partial charge in [-0.2, -0.15) is 0 Å². The van der Waals surface area contributed by atoms with Gasteiger partial charge in [0, 0.05) is 22.2 Å². The summed E-state index contributed by atoms with van der Waals surface area (Å²) in [6.45, 7) is 0. The number of methoxy groups -OCH3 is 3. The van der Waals surface area contributed by atoms with Gasteiger partial charge in [-0.15, -0.1) is 11.8 Å². The van der Waals surface area contributed by atoms with Crippen molar-refractivity contribution in [1.29, 1.82) is 0 Å². The van der Waals surface area contributed by atoms with E-state index in [1.165, 1.54) is 39.5 Å². The molecule has 0 aliphatic rings. The monoisotopic (exact) mass is 669 g/mol. The number of ether oxygens (including phenoxy) is 3. The highest BCUT2D eigenvalue weighted by molar-refractivity contribution is 8.00. The summed E-state index contributed by atoms with van der Waals surface area (Å²) < 4.78 is 70.7. The van der Waals surface area contributed by atoms with E-state index in [4.69, 9.17) is 14.2 Å². The second-order valence-corrected chi connectivity index (χ2v) is 10.5. The fraction of sp³-hybridized carbons (Fsp3) is 0.121. The van der Waals surface area contributed by atoms with E-state index in [0.717, 1.165) is 11.8 Å². The van der Waals surface area contributed by atoms with E-state index in [0.29, 0.717) is 39.0 Å². The first-order valence-corrected chi connectivity index (χ1v) is 14.6. The topological polar surface area (TPSA) is 115 Å². The van der Waals surface area contributed by atoms with Crippen molar-refractivity contribution < 1.29 is 46.2 Å². The summed E-state index contributed by atoms with van der Waals surface area (Å²) in [5.74, 6) is -8.22. The van der Waals surface area contributed by atoms with E-state index in [-0.39, 0.29) is 17.5 Å². The molecule has 9 nitrogen and oxygen atoms in total. The van der Waals surface area contributed by atoms with Gasteiger partial charge >= 0.3 is 0 Å². The molecule has 0 aromatic heterocycles. The third-order valence-electron chi connectivity index (χ3n) is 6.39. The third kappa shape index (κ3) is 8.61. The van der Waals surface area contributed by atoms with Gasteiger partial charge in [-0.1, -0.05) is 18.2 Å². The molecule has 0 aliphatic carbocycles. The predicted molar refractivity (Wildman–Crippen MR) is 169 cm³/mol. The number of carbonyl (C=O) groups excluding carboxylic acids is 3. The van der Waals surface area contributed by atoms with Crippen LogP contribution >= 0.6 is 11.8 Å². The molecule has 0 atom stereocenters. The number of amides is 3. The molecule has 3 N–H and O–H groups in total. The van der Waals surface area contributed by atoms with Crippen LogP contribution in [0.1, 0.15) is 15.9 Å². The van der Waals surface area contributed by atoms with Crippen molar-refractivity contribution in [3.05, 3.63) is 113 Å². The molecule has 0 radical (unpaired) electrons. The van der Waals surface area contributed by atoms with Gasteiger partial charge < -0.3 is 30.2 Å². The van der Waals surface area contributed by atoms with E-state index < -0.39 is 46.7 Å². The zero-order valence-electron chi connectivity index (χ0n) is 25.1. The van der Waals surface area contributed by atoms with Crippen LogP contribution in [0.15, 0.2) is 83.4 Å². The van der Waals surface area contributed by atoms with E-state index in [1.807, 2.05) is 5.32 Å². The van der Waals surface area contributed by atoms with Gasteiger partial charge in [0.05, 0.1) is 27.1 Å². The van der Waals surface area contributed by atoms with E-state index >= 15 is 0 Å². The number of thioether (sulfide) groups is 1. The minimum Gasteiger partial charge on any atom is -0.493 e. The highest BCUT2D eigenvalue weighted by Gasteiger charge is 2.21. The number of hydrogen-bond acceptors (Lipinski definition) is 7. The molecule has 0 fully saturated rings. The van der Waals surface area contributed by atoms with Gasteiger partial charge in [-0.25, -0.2) is 17.6 Å². The molecule has 244 valence electrons. The van der Waals surface area contributed by atoms with Crippen LogP contribution in [0.2, 0.25) is 0 Å². The lowest BCUT2D eigenvalue weighted by Crippen LogP contribution is -2.30. The van der Waals surface area contributed by atoms with Crippen LogP contribution in [0, 0.1) is 23.3 Å². The number of benzene rings is 4. The first-order valence-electron chi connectivity index (χ1n) is 13.6. The van der Waals surface area contributed by atoms with E-state index in [2.05, 4.69) is 10.6 Å². The van der Waals surface area contributed by atoms with Gasteiger partial charge in [0.2, 0.25) is 11.7 Å². The Kier molecular flexibility index (Phi) is 11.5. The molecule has 4 aromatic carbocycles. The molecule has 3 amide bonds. The van der Waals surface area contributed by atoms with Crippen molar-refractivity contribution in [3.63, 3.8) is 0 Å². The molecular formula is C33H27F4N3O6S. The number of nitrogens with one attached hydrogen (secondary N) is 3. The van der Waals surface area contributed by atoms with Gasteiger partial charge in [0.15, 0.2) is 34.8 Å². The second-order valence-electron chi connectivity index (χ2n) is 9.50. The molecule has 0 bridgehead atoms. The summed E-state index contributed by atoms with van der Waals surface area (Å²) in [7, 11) is 4.33. The standard InChI is InChI=1S/C33H27F4N3O6S/c1-44-25-14-18(15-26(45-2)31(25)46-3)13-24(39-32(42)19-7-5-4-6-8-19)33(43)38-20-9-11-21(12-10-20)47-17-27(41)40-30-28(36)22(34)16-23(35)29(30)37/h4-16H,17H2,1-3H3,(H,38,43)(H,39,42)(H,40,41)/b24-13-. The minimum absolute atomic E-state index is 0.0404. The van der Waals surface area contributed by atoms with E-state index in [1.54, 1.807) is 54.6 Å². The third-order valence-corrected chi connectivity index (χ3v) is 7.40. The molecule has 0 unspecified atom stereocenters. The van der Waals surface area contributed by atoms with Crippen LogP contribution < -0.4 is 30.2 Å². The van der Waals surface area contributed by atoms with Crippen LogP contribution in [0.5, 0.6) is 17.2 Å². The molecule has 0 spiro atoms. The maximum Gasteiger partial charge on any atom is 0.272 e. The molecule has 0 saturated heterocycles. The van der Waals surface area contributed by atoms with Crippen molar-refractivity contribution in [1.82, 2.24) is 5.32 Å². The Morgan fingerprint density at radius 1 is 0.766 bits per heavy atom. The fourth-order valence-electron chi connectivity index (χ4n) is 4.13. The van der Waals surface area contributed by atoms with Gasteiger partial charge in [-0.3, -0.25) is 14.4 Å². The Bertz CT molecular complexity index is 1770. The van der Waals surface area contributed by atoms with E-state index in [9.17, 15) is 31.9 Å². The van der Waals surface area contributed by atoms with Crippen molar-refractivity contribution in [2.24, 2.45) is 0 Å². The highest BCUT2D eigenvalue weighted by Crippen LogP contribution is 2.38. The average molecular weight is 670 g/mol. The Balaban J connectivity index is 1.50. The fourth-order valence-corrected chi connectivity index (χ4v) is 4.83. The Morgan fingerprint density at radius 3 is 1.91 bits per heavy atom. The van der Waals surface area contributed by atoms with Crippen LogP contribution in [0.4, 0.5) is 28.9 Å². The van der Waals surface area contributed by atoms with Crippen LogP contribution in [-0.2, 0) is 9.59 Å². The van der Waals surface area contributed by atoms with Crippen molar-refractivity contribution >= 4 is 46.9 Å². The van der Waals surface area contributed by atoms with Crippen LogP contribution in [-0.4, -0.2) is 44.8 Å². The molecule has 4 rings (SSSR count). The average Bonchev–Trinajstić information content (AvgIpc) is 3.08. The normalized spacial score (nSPS) is 11.0. The first kappa shape index (κ1) is 34.4. The first-order chi connectivity index (χ1) is 22.5. The lowest BCUT2D eigenvalue weighted by molar-refractivity contribution is -0.114. The smallest absolute Gasteiger partial charge is 0.272 e. The molecule has 0 saturated carbocycles. The van der Waals surface area contributed by atoms with Crippen LogP contribution in [0.25, 0.3) is 6.08 Å². The summed E-state index contributed by atoms with van der Waals surface area (Å²) in [6, 6.07) is 17.7. The maximum atomic E-state index is 13.9. The quantitative estimate of drug-likeness (QED) is 0.0692.